The van der Waals surface area contributed by atoms with Gasteiger partial charge in [-0.2, -0.15) is 0 Å². The normalized spacial score (nSPS) is 15.6. The molecule has 3 heterocycles. The van der Waals surface area contributed by atoms with Crippen molar-refractivity contribution in [1.29, 1.82) is 0 Å². The van der Waals surface area contributed by atoms with Gasteiger partial charge in [0.25, 0.3) is 0 Å². The van der Waals surface area contributed by atoms with E-state index >= 15 is 4.57 Å². The molecule has 0 N–H and O–H groups in total. The Morgan fingerprint density at radius 2 is 1.20 bits per heavy atom. The smallest absolute Gasteiger partial charge is 0.174 e. The molecule has 0 radical (unpaired) electrons. The second-order valence-corrected chi connectivity index (χ2v) is 15.8. The van der Waals surface area contributed by atoms with Gasteiger partial charge >= 0.3 is 0 Å². The topological polar surface area (TPSA) is 22.0 Å². The van der Waals surface area contributed by atoms with Crippen LogP contribution in [-0.4, -0.2) is 4.57 Å². The van der Waals surface area contributed by atoms with Gasteiger partial charge in [0.2, 0.25) is 0 Å². The lowest BCUT2D eigenvalue weighted by molar-refractivity contribution is 0.593. The van der Waals surface area contributed by atoms with Crippen LogP contribution in [0.3, 0.4) is 0 Å². The molecule has 10 rings (SSSR count). The largest absolute Gasteiger partial charge is 0.309 e. The van der Waals surface area contributed by atoms with Crippen LogP contribution in [0.25, 0.3) is 69.9 Å². The molecule has 2 nitrogen and oxygen atoms in total. The van der Waals surface area contributed by atoms with Gasteiger partial charge in [-0.05, 0) is 58.7 Å². The van der Waals surface area contributed by atoms with E-state index in [0.29, 0.717) is 0 Å². The van der Waals surface area contributed by atoms with Crippen LogP contribution >= 0.6 is 18.5 Å². The zero-order valence-electron chi connectivity index (χ0n) is 24.7. The van der Waals surface area contributed by atoms with Crippen LogP contribution in [0.4, 0.5) is 0 Å². The highest BCUT2D eigenvalue weighted by molar-refractivity contribution is 7.86. The Bertz CT molecular complexity index is 2720. The zero-order valence-corrected chi connectivity index (χ0v) is 26.4. The van der Waals surface area contributed by atoms with Crippen LogP contribution in [-0.2, 0) is 4.57 Å². The first kappa shape index (κ1) is 26.1. The van der Waals surface area contributed by atoms with E-state index in [0.717, 1.165) is 54.5 Å². The molecule has 0 saturated carbocycles. The Morgan fingerprint density at radius 3 is 2.07 bits per heavy atom. The van der Waals surface area contributed by atoms with Gasteiger partial charge in [-0.25, -0.2) is 0 Å². The van der Waals surface area contributed by atoms with Gasteiger partial charge in [0, 0.05) is 47.2 Å². The Hall–Kier alpha value is -5.21. The Morgan fingerprint density at radius 1 is 0.500 bits per heavy atom. The van der Waals surface area contributed by atoms with Crippen LogP contribution in [0, 0.1) is 0 Å². The molecule has 1 atom stereocenters. The summed E-state index contributed by atoms with van der Waals surface area (Å²) in [5.74, 6) is 0. The first-order valence-electron chi connectivity index (χ1n) is 15.5. The van der Waals surface area contributed by atoms with Gasteiger partial charge < -0.3 is 9.13 Å². The van der Waals surface area contributed by atoms with Crippen molar-refractivity contribution in [3.63, 3.8) is 0 Å². The SMILES string of the molecule is O=P1(c2ccccc2)c2ccccc2-c2ccc3c4ccccc4n(-c4ccc(-c5ccc6sc7ccccc7c6c5)cc4)c3c21. The Balaban J connectivity index is 1.22. The minimum absolute atomic E-state index is 0.872. The van der Waals surface area contributed by atoms with E-state index in [9.17, 15) is 0 Å². The van der Waals surface area contributed by atoms with E-state index in [4.69, 9.17) is 0 Å². The van der Waals surface area contributed by atoms with Gasteiger partial charge in [0.1, 0.15) is 0 Å². The van der Waals surface area contributed by atoms with Crippen molar-refractivity contribution < 1.29 is 4.57 Å². The molecule has 9 aromatic rings. The Labute approximate surface area is 270 Å². The molecule has 1 unspecified atom stereocenters. The standard InChI is InChI=1S/C42H26NOPS/c44-45(30-10-2-1-3-11-30)38-16-8-5-13-32(38)35-24-23-34-31-12-4-7-15-37(31)43(41(34)42(35)45)29-21-18-27(19-22-29)28-20-25-40-36(26-28)33-14-6-9-17-39(33)46-40/h1-26H. The summed E-state index contributed by atoms with van der Waals surface area (Å²) in [4.78, 5) is 0. The number of fused-ring (bicyclic) bond motifs is 10. The van der Waals surface area contributed by atoms with Crippen molar-refractivity contribution >= 4 is 76.4 Å². The molecule has 0 saturated heterocycles. The average molecular weight is 624 g/mol. The number of rotatable bonds is 3. The summed E-state index contributed by atoms with van der Waals surface area (Å²) in [5.41, 5.74) is 7.70. The van der Waals surface area contributed by atoms with E-state index in [-0.39, 0.29) is 0 Å². The molecule has 1 aliphatic heterocycles. The lowest BCUT2D eigenvalue weighted by atomic mass is 10.0. The average Bonchev–Trinajstić information content (AvgIpc) is 3.75. The summed E-state index contributed by atoms with van der Waals surface area (Å²) in [6.45, 7) is 0. The van der Waals surface area contributed by atoms with Crippen molar-refractivity contribution in [3.8, 4) is 27.9 Å². The molecule has 0 amide bonds. The molecule has 0 fully saturated rings. The Kier molecular flexibility index (Phi) is 5.46. The van der Waals surface area contributed by atoms with Crippen LogP contribution in [0.5, 0.6) is 0 Å². The van der Waals surface area contributed by atoms with Crippen LogP contribution in [0.1, 0.15) is 0 Å². The summed E-state index contributed by atoms with van der Waals surface area (Å²) in [6.07, 6.45) is 0. The number of benzene rings is 7. The van der Waals surface area contributed by atoms with E-state index < -0.39 is 7.14 Å². The first-order chi connectivity index (χ1) is 22.7. The predicted octanol–water partition coefficient (Wildman–Crippen LogP) is 10.4. The maximum absolute atomic E-state index is 15.7. The third kappa shape index (κ3) is 3.50. The summed E-state index contributed by atoms with van der Waals surface area (Å²) >= 11 is 1.85. The molecule has 2 aromatic heterocycles. The number of nitrogens with zero attached hydrogens (tertiary/aromatic N) is 1. The highest BCUT2D eigenvalue weighted by Crippen LogP contribution is 2.55. The number of hydrogen-bond acceptors (Lipinski definition) is 2. The summed E-state index contributed by atoms with van der Waals surface area (Å²) in [6, 6.07) is 55.6. The van der Waals surface area contributed by atoms with Crippen LogP contribution in [0.15, 0.2) is 158 Å². The van der Waals surface area contributed by atoms with Gasteiger partial charge in [-0.15, -0.1) is 11.3 Å². The van der Waals surface area contributed by atoms with Crippen molar-refractivity contribution in [1.82, 2.24) is 4.57 Å². The maximum atomic E-state index is 15.7. The van der Waals surface area contributed by atoms with E-state index in [1.165, 1.54) is 31.3 Å². The second kappa shape index (κ2) is 9.64. The molecular weight excluding hydrogens is 598 g/mol. The number of thiophene rings is 1. The van der Waals surface area contributed by atoms with E-state index in [1.54, 1.807) is 0 Å². The summed E-state index contributed by atoms with van der Waals surface area (Å²) in [7, 11) is -3.17. The predicted molar refractivity (Wildman–Crippen MR) is 197 cm³/mol. The molecule has 0 bridgehead atoms. The molecule has 4 heteroatoms. The minimum atomic E-state index is -3.17. The number of aromatic nitrogens is 1. The molecule has 1 aliphatic rings. The molecule has 216 valence electrons. The molecular formula is C42H26NOPS. The van der Waals surface area contributed by atoms with Crippen molar-refractivity contribution in [2.45, 2.75) is 0 Å². The highest BCUT2D eigenvalue weighted by atomic mass is 32.1. The van der Waals surface area contributed by atoms with Crippen molar-refractivity contribution in [2.24, 2.45) is 0 Å². The zero-order chi connectivity index (χ0) is 30.4. The second-order valence-electron chi connectivity index (χ2n) is 12.0. The van der Waals surface area contributed by atoms with Crippen molar-refractivity contribution in [2.75, 3.05) is 0 Å². The van der Waals surface area contributed by atoms with Gasteiger partial charge in [0.15, 0.2) is 7.14 Å². The fourth-order valence-electron chi connectivity index (χ4n) is 7.56. The fourth-order valence-corrected chi connectivity index (χ4v) is 11.9. The molecule has 46 heavy (non-hydrogen) atoms. The van der Waals surface area contributed by atoms with Gasteiger partial charge in [-0.3, -0.25) is 0 Å². The number of hydrogen-bond donors (Lipinski definition) is 0. The lowest BCUT2D eigenvalue weighted by Gasteiger charge is -2.18. The molecule has 0 aliphatic carbocycles. The quantitative estimate of drug-likeness (QED) is 0.180. The minimum Gasteiger partial charge on any atom is -0.309 e. The fraction of sp³-hybridized carbons (Fsp3) is 0. The molecule has 0 spiro atoms. The van der Waals surface area contributed by atoms with E-state index in [2.05, 4.69) is 126 Å². The van der Waals surface area contributed by atoms with Gasteiger partial charge in [0.05, 0.1) is 16.3 Å². The molecule has 7 aromatic carbocycles. The number of para-hydroxylation sites is 1. The monoisotopic (exact) mass is 623 g/mol. The highest BCUT2D eigenvalue weighted by Gasteiger charge is 2.42. The third-order valence-corrected chi connectivity index (χ3v) is 13.9. The van der Waals surface area contributed by atoms with Crippen molar-refractivity contribution in [3.05, 3.63) is 158 Å². The van der Waals surface area contributed by atoms with Gasteiger partial charge in [-0.1, -0.05) is 121 Å². The van der Waals surface area contributed by atoms with Crippen LogP contribution < -0.4 is 15.9 Å². The third-order valence-electron chi connectivity index (χ3n) is 9.61. The summed E-state index contributed by atoms with van der Waals surface area (Å²) in [5, 5.41) is 7.63. The van der Waals surface area contributed by atoms with Crippen LogP contribution in [0.2, 0.25) is 0 Å². The summed E-state index contributed by atoms with van der Waals surface area (Å²) < 4.78 is 20.7. The lowest BCUT2D eigenvalue weighted by Crippen LogP contribution is -2.22. The van der Waals surface area contributed by atoms with E-state index in [1.807, 2.05) is 47.7 Å². The maximum Gasteiger partial charge on any atom is 0.174 e. The first-order valence-corrected chi connectivity index (χ1v) is 18.1.